The molecule has 0 spiro atoms. The van der Waals surface area contributed by atoms with Crippen LogP contribution in [-0.4, -0.2) is 43.7 Å². The summed E-state index contributed by atoms with van der Waals surface area (Å²) in [6, 6.07) is 19.2. The smallest absolute Gasteiger partial charge is 0.251 e. The Morgan fingerprint density at radius 1 is 1.00 bits per heavy atom. The molecule has 1 amide bonds. The van der Waals surface area contributed by atoms with Crippen molar-refractivity contribution in [2.24, 2.45) is 0 Å². The molecule has 0 unspecified atom stereocenters. The first-order valence-corrected chi connectivity index (χ1v) is 13.2. The summed E-state index contributed by atoms with van der Waals surface area (Å²) in [5, 5.41) is 3.58. The molecule has 0 aliphatic heterocycles. The predicted octanol–water partition coefficient (Wildman–Crippen LogP) is 5.30. The van der Waals surface area contributed by atoms with Gasteiger partial charge in [0.05, 0.1) is 27.0 Å². The van der Waals surface area contributed by atoms with Gasteiger partial charge in [-0.3, -0.25) is 4.79 Å². The molecule has 0 aliphatic rings. The highest BCUT2D eigenvalue weighted by molar-refractivity contribution is 7.98. The van der Waals surface area contributed by atoms with Gasteiger partial charge in [-0.05, 0) is 60.9 Å². The van der Waals surface area contributed by atoms with Crippen molar-refractivity contribution in [3.63, 3.8) is 0 Å². The zero-order valence-corrected chi connectivity index (χ0v) is 22.9. The highest BCUT2D eigenvalue weighted by Crippen LogP contribution is 2.28. The number of thioether (sulfide) groups is 1. The van der Waals surface area contributed by atoms with Gasteiger partial charge in [0.1, 0.15) is 11.6 Å². The zero-order chi connectivity index (χ0) is 26.9. The van der Waals surface area contributed by atoms with Crippen LogP contribution >= 0.6 is 11.8 Å². The highest BCUT2D eigenvalue weighted by atomic mass is 32.2. The van der Waals surface area contributed by atoms with Crippen LogP contribution < -0.4 is 19.7 Å². The van der Waals surface area contributed by atoms with E-state index in [1.807, 2.05) is 62.5 Å². The van der Waals surface area contributed by atoms with E-state index >= 15 is 0 Å². The normalized spacial score (nSPS) is 10.7. The van der Waals surface area contributed by atoms with Crippen LogP contribution in [0.4, 0.5) is 5.82 Å². The van der Waals surface area contributed by atoms with Crippen molar-refractivity contribution in [1.29, 1.82) is 0 Å². The van der Waals surface area contributed by atoms with Gasteiger partial charge in [0, 0.05) is 36.7 Å². The molecule has 0 radical (unpaired) electrons. The highest BCUT2D eigenvalue weighted by Gasteiger charge is 2.11. The fraction of sp³-hybridized carbons (Fsp3) is 0.276. The number of aryl methyl sites for hydroxylation is 1. The lowest BCUT2D eigenvalue weighted by molar-refractivity contribution is 0.0948. The fourth-order valence-corrected chi connectivity index (χ4v) is 4.71. The predicted molar refractivity (Wildman–Crippen MR) is 149 cm³/mol. The van der Waals surface area contributed by atoms with Gasteiger partial charge in [-0.15, -0.1) is 0 Å². The Morgan fingerprint density at radius 2 is 1.84 bits per heavy atom. The number of aromatic nitrogens is 2. The van der Waals surface area contributed by atoms with Gasteiger partial charge in [0.25, 0.3) is 5.91 Å². The van der Waals surface area contributed by atoms with Gasteiger partial charge in [-0.2, -0.15) is 0 Å². The summed E-state index contributed by atoms with van der Waals surface area (Å²) < 4.78 is 16.0. The molecule has 1 N–H and O–H groups in total. The molecule has 4 aromatic rings. The monoisotopic (exact) mass is 532 g/mol. The van der Waals surface area contributed by atoms with Crippen LogP contribution in [0.3, 0.4) is 0 Å². The maximum atomic E-state index is 12.6. The van der Waals surface area contributed by atoms with E-state index in [0.717, 1.165) is 47.1 Å². The fourth-order valence-electron chi connectivity index (χ4n) is 3.87. The number of likely N-dealkylation sites (N-methyl/N-ethyl adjacent to an activating group) is 1. The zero-order valence-electron chi connectivity index (χ0n) is 22.1. The number of carbonyl (C=O) groups excluding carboxylic acids is 1. The average molecular weight is 533 g/mol. The van der Waals surface area contributed by atoms with Crippen LogP contribution in [0, 0.1) is 6.92 Å². The standard InChI is InChI=1S/C29H32N4O4S/c1-20-15-27(33(2)13-12-21-10-11-25(35-3)26(17-21)36-4)32-29(31-20)38-19-22-7-5-8-23(16-22)28(34)30-18-24-9-6-14-37-24/h5-11,14-17H,12-13,18-19H2,1-4H3,(H,30,34). The summed E-state index contributed by atoms with van der Waals surface area (Å²) in [5.74, 6) is 3.54. The summed E-state index contributed by atoms with van der Waals surface area (Å²) in [6.45, 7) is 3.11. The largest absolute Gasteiger partial charge is 0.493 e. The second-order valence-electron chi connectivity index (χ2n) is 8.76. The van der Waals surface area contributed by atoms with Crippen molar-refractivity contribution in [3.05, 3.63) is 95.1 Å². The first kappa shape index (κ1) is 27.1. The molecular weight excluding hydrogens is 500 g/mol. The Morgan fingerprint density at radius 3 is 2.61 bits per heavy atom. The van der Waals surface area contributed by atoms with E-state index < -0.39 is 0 Å². The molecule has 4 rings (SSSR count). The van der Waals surface area contributed by atoms with Crippen LogP contribution in [0.2, 0.25) is 0 Å². The van der Waals surface area contributed by atoms with E-state index in [-0.39, 0.29) is 5.91 Å². The summed E-state index contributed by atoms with van der Waals surface area (Å²) in [6.07, 6.45) is 2.42. The third-order valence-corrected chi connectivity index (χ3v) is 6.87. The quantitative estimate of drug-likeness (QED) is 0.194. The first-order valence-electron chi connectivity index (χ1n) is 12.2. The van der Waals surface area contributed by atoms with Gasteiger partial charge in [0.15, 0.2) is 16.7 Å². The molecule has 0 fully saturated rings. The minimum atomic E-state index is -0.140. The molecule has 198 valence electrons. The second-order valence-corrected chi connectivity index (χ2v) is 9.70. The molecule has 0 saturated heterocycles. The maximum absolute atomic E-state index is 12.6. The van der Waals surface area contributed by atoms with Crippen LogP contribution in [0.1, 0.15) is 32.9 Å². The van der Waals surface area contributed by atoms with Gasteiger partial charge < -0.3 is 24.1 Å². The molecule has 38 heavy (non-hydrogen) atoms. The Hall–Kier alpha value is -3.98. The topological polar surface area (TPSA) is 89.7 Å². The number of hydrogen-bond acceptors (Lipinski definition) is 8. The van der Waals surface area contributed by atoms with Crippen molar-refractivity contribution in [1.82, 2.24) is 15.3 Å². The van der Waals surface area contributed by atoms with Crippen molar-refractivity contribution >= 4 is 23.5 Å². The minimum Gasteiger partial charge on any atom is -0.493 e. The van der Waals surface area contributed by atoms with E-state index in [2.05, 4.69) is 15.2 Å². The first-order chi connectivity index (χ1) is 18.4. The summed E-state index contributed by atoms with van der Waals surface area (Å²) >= 11 is 1.55. The van der Waals surface area contributed by atoms with E-state index in [4.69, 9.17) is 18.9 Å². The molecule has 9 heteroatoms. The molecule has 2 heterocycles. The number of amides is 1. The number of hydrogen-bond donors (Lipinski definition) is 1. The molecule has 2 aromatic heterocycles. The average Bonchev–Trinajstić information content (AvgIpc) is 3.47. The lowest BCUT2D eigenvalue weighted by atomic mass is 10.1. The summed E-state index contributed by atoms with van der Waals surface area (Å²) in [5.41, 5.74) is 3.69. The minimum absolute atomic E-state index is 0.140. The number of carbonyl (C=O) groups is 1. The third-order valence-electron chi connectivity index (χ3n) is 5.96. The number of methoxy groups -OCH3 is 2. The molecule has 8 nitrogen and oxygen atoms in total. The molecular formula is C29H32N4O4S. The number of benzene rings is 2. The maximum Gasteiger partial charge on any atom is 0.251 e. The number of rotatable bonds is 12. The molecule has 0 saturated carbocycles. The Bertz CT molecular complexity index is 1360. The second kappa shape index (κ2) is 13.0. The number of anilines is 1. The Balaban J connectivity index is 1.35. The van der Waals surface area contributed by atoms with E-state index in [1.165, 1.54) is 0 Å². The number of nitrogens with one attached hydrogen (secondary N) is 1. The summed E-state index contributed by atoms with van der Waals surface area (Å²) in [4.78, 5) is 24.1. The van der Waals surface area contributed by atoms with Gasteiger partial charge in [-0.1, -0.05) is 30.0 Å². The lowest BCUT2D eigenvalue weighted by Crippen LogP contribution is -2.22. The Labute approximate surface area is 227 Å². The van der Waals surface area contributed by atoms with E-state index in [1.54, 1.807) is 44.4 Å². The van der Waals surface area contributed by atoms with Gasteiger partial charge >= 0.3 is 0 Å². The number of furan rings is 1. The lowest BCUT2D eigenvalue weighted by Gasteiger charge is -2.19. The Kier molecular flexibility index (Phi) is 9.26. The van der Waals surface area contributed by atoms with Crippen LogP contribution in [0.15, 0.2) is 76.5 Å². The molecule has 0 atom stereocenters. The van der Waals surface area contributed by atoms with Crippen molar-refractivity contribution in [2.75, 3.05) is 32.7 Å². The van der Waals surface area contributed by atoms with Crippen molar-refractivity contribution in [3.8, 4) is 11.5 Å². The molecule has 0 aliphatic carbocycles. The van der Waals surface area contributed by atoms with Crippen LogP contribution in [0.5, 0.6) is 11.5 Å². The number of nitrogens with zero attached hydrogens (tertiary/aromatic N) is 3. The molecule has 0 bridgehead atoms. The molecule has 2 aromatic carbocycles. The third kappa shape index (κ3) is 7.29. The van der Waals surface area contributed by atoms with Gasteiger partial charge in [0.2, 0.25) is 0 Å². The van der Waals surface area contributed by atoms with E-state index in [0.29, 0.717) is 28.8 Å². The van der Waals surface area contributed by atoms with Crippen molar-refractivity contribution in [2.45, 2.75) is 30.8 Å². The van der Waals surface area contributed by atoms with Crippen LogP contribution in [-0.2, 0) is 18.7 Å². The number of ether oxygens (including phenoxy) is 2. The van der Waals surface area contributed by atoms with E-state index in [9.17, 15) is 4.79 Å². The summed E-state index contributed by atoms with van der Waals surface area (Å²) in [7, 11) is 5.31. The van der Waals surface area contributed by atoms with Gasteiger partial charge in [-0.25, -0.2) is 9.97 Å². The van der Waals surface area contributed by atoms with Crippen molar-refractivity contribution < 1.29 is 18.7 Å². The SMILES string of the molecule is COc1ccc(CCN(C)c2cc(C)nc(SCc3cccc(C(=O)NCc4ccco4)c3)n2)cc1OC. The van der Waals surface area contributed by atoms with Crippen LogP contribution in [0.25, 0.3) is 0 Å².